The van der Waals surface area contributed by atoms with Gasteiger partial charge in [0.25, 0.3) is 0 Å². The predicted octanol–water partition coefficient (Wildman–Crippen LogP) is 4.10. The zero-order valence-corrected chi connectivity index (χ0v) is 13.9. The van der Waals surface area contributed by atoms with Crippen LogP contribution < -0.4 is 0 Å². The largest absolute Gasteiger partial charge is 0.339 e. The minimum absolute atomic E-state index is 0.347. The Bertz CT molecular complexity index is 781. The van der Waals surface area contributed by atoms with Crippen molar-refractivity contribution in [2.24, 2.45) is 0 Å². The standard InChI is InChI=1S/C18H19N3OS/c1-13-5-2-3-7-16(13)17-19-18(22-20-17)14-8-9-21(11-14)12-15-6-4-10-23-15/h2-7,10,14H,8-9,11-12H2,1H3. The molecule has 1 unspecified atom stereocenters. The fourth-order valence-electron chi connectivity index (χ4n) is 3.13. The number of aryl methyl sites for hydroxylation is 1. The van der Waals surface area contributed by atoms with Gasteiger partial charge in [-0.3, -0.25) is 4.90 Å². The monoisotopic (exact) mass is 325 g/mol. The summed E-state index contributed by atoms with van der Waals surface area (Å²) in [6.07, 6.45) is 1.08. The van der Waals surface area contributed by atoms with Crippen molar-refractivity contribution in [2.45, 2.75) is 25.8 Å². The molecule has 1 fully saturated rings. The van der Waals surface area contributed by atoms with Crippen LogP contribution in [0.1, 0.15) is 28.7 Å². The van der Waals surface area contributed by atoms with Crippen molar-refractivity contribution in [3.63, 3.8) is 0 Å². The van der Waals surface area contributed by atoms with E-state index in [4.69, 9.17) is 4.52 Å². The first-order valence-corrected chi connectivity index (χ1v) is 8.82. The minimum atomic E-state index is 0.347. The highest BCUT2D eigenvalue weighted by Gasteiger charge is 2.28. The number of thiophene rings is 1. The number of likely N-dealkylation sites (tertiary alicyclic amines) is 1. The van der Waals surface area contributed by atoms with Crippen molar-refractivity contribution in [1.29, 1.82) is 0 Å². The van der Waals surface area contributed by atoms with Crippen molar-refractivity contribution in [3.8, 4) is 11.4 Å². The quantitative estimate of drug-likeness (QED) is 0.724. The van der Waals surface area contributed by atoms with Crippen molar-refractivity contribution in [1.82, 2.24) is 15.0 Å². The van der Waals surface area contributed by atoms with Gasteiger partial charge in [0, 0.05) is 23.5 Å². The van der Waals surface area contributed by atoms with Gasteiger partial charge < -0.3 is 4.52 Å². The van der Waals surface area contributed by atoms with Crippen molar-refractivity contribution < 1.29 is 4.52 Å². The number of aromatic nitrogens is 2. The van der Waals surface area contributed by atoms with Crippen LogP contribution in [0, 0.1) is 6.92 Å². The van der Waals surface area contributed by atoms with Gasteiger partial charge in [0.15, 0.2) is 0 Å². The van der Waals surface area contributed by atoms with E-state index >= 15 is 0 Å². The Balaban J connectivity index is 1.47. The van der Waals surface area contributed by atoms with Crippen LogP contribution in [0.25, 0.3) is 11.4 Å². The molecule has 4 rings (SSSR count). The maximum Gasteiger partial charge on any atom is 0.231 e. The number of hydrogen-bond donors (Lipinski definition) is 0. The molecule has 1 saturated heterocycles. The third-order valence-electron chi connectivity index (χ3n) is 4.41. The fraction of sp³-hybridized carbons (Fsp3) is 0.333. The Morgan fingerprint density at radius 2 is 2.17 bits per heavy atom. The van der Waals surface area contributed by atoms with E-state index in [1.807, 2.05) is 29.5 Å². The molecule has 1 aromatic carbocycles. The number of nitrogens with zero attached hydrogens (tertiary/aromatic N) is 3. The molecule has 118 valence electrons. The van der Waals surface area contributed by atoms with Gasteiger partial charge in [-0.05, 0) is 36.9 Å². The van der Waals surface area contributed by atoms with Crippen LogP contribution in [0.2, 0.25) is 0 Å². The van der Waals surface area contributed by atoms with E-state index in [-0.39, 0.29) is 0 Å². The van der Waals surface area contributed by atoms with Crippen LogP contribution in [0.5, 0.6) is 0 Å². The number of hydrogen-bond acceptors (Lipinski definition) is 5. The van der Waals surface area contributed by atoms with Crippen LogP contribution in [0.4, 0.5) is 0 Å². The second-order valence-corrected chi connectivity index (χ2v) is 7.10. The lowest BCUT2D eigenvalue weighted by Crippen LogP contribution is -2.19. The topological polar surface area (TPSA) is 42.2 Å². The highest BCUT2D eigenvalue weighted by molar-refractivity contribution is 7.09. The van der Waals surface area contributed by atoms with E-state index in [9.17, 15) is 0 Å². The highest BCUT2D eigenvalue weighted by atomic mass is 32.1. The fourth-order valence-corrected chi connectivity index (χ4v) is 3.88. The van der Waals surface area contributed by atoms with Crippen LogP contribution in [-0.2, 0) is 6.54 Å². The summed E-state index contributed by atoms with van der Waals surface area (Å²) in [6, 6.07) is 12.5. The smallest absolute Gasteiger partial charge is 0.231 e. The second kappa shape index (κ2) is 6.26. The Labute approximate surface area is 139 Å². The van der Waals surface area contributed by atoms with Gasteiger partial charge >= 0.3 is 0 Å². The highest BCUT2D eigenvalue weighted by Crippen LogP contribution is 2.29. The molecular weight excluding hydrogens is 306 g/mol. The molecule has 5 heteroatoms. The summed E-state index contributed by atoms with van der Waals surface area (Å²) < 4.78 is 5.56. The van der Waals surface area contributed by atoms with Crippen LogP contribution in [0.15, 0.2) is 46.3 Å². The molecule has 23 heavy (non-hydrogen) atoms. The third kappa shape index (κ3) is 3.07. The summed E-state index contributed by atoms with van der Waals surface area (Å²) in [4.78, 5) is 8.53. The van der Waals surface area contributed by atoms with E-state index in [0.29, 0.717) is 11.7 Å². The molecule has 1 atom stereocenters. The Morgan fingerprint density at radius 3 is 3.00 bits per heavy atom. The van der Waals surface area contributed by atoms with Gasteiger partial charge in [0.1, 0.15) is 0 Å². The van der Waals surface area contributed by atoms with E-state index in [0.717, 1.165) is 37.5 Å². The second-order valence-electron chi connectivity index (χ2n) is 6.07. The van der Waals surface area contributed by atoms with Gasteiger partial charge in [0.2, 0.25) is 11.7 Å². The van der Waals surface area contributed by atoms with Crippen LogP contribution in [0.3, 0.4) is 0 Å². The van der Waals surface area contributed by atoms with E-state index in [2.05, 4.69) is 45.5 Å². The van der Waals surface area contributed by atoms with Crippen molar-refractivity contribution >= 4 is 11.3 Å². The van der Waals surface area contributed by atoms with Crippen molar-refractivity contribution in [3.05, 3.63) is 58.1 Å². The molecule has 2 aromatic heterocycles. The lowest BCUT2D eigenvalue weighted by Gasteiger charge is -2.13. The normalized spacial score (nSPS) is 18.6. The molecule has 0 saturated carbocycles. The van der Waals surface area contributed by atoms with Gasteiger partial charge in [0.05, 0.1) is 5.92 Å². The van der Waals surface area contributed by atoms with Gasteiger partial charge in [-0.15, -0.1) is 11.3 Å². The number of rotatable bonds is 4. The van der Waals surface area contributed by atoms with Crippen LogP contribution >= 0.6 is 11.3 Å². The zero-order valence-electron chi connectivity index (χ0n) is 13.1. The summed E-state index contributed by atoms with van der Waals surface area (Å²) in [5, 5.41) is 6.32. The van der Waals surface area contributed by atoms with E-state index < -0.39 is 0 Å². The predicted molar refractivity (Wildman–Crippen MR) is 91.4 cm³/mol. The number of benzene rings is 1. The Kier molecular flexibility index (Phi) is 3.97. The molecule has 0 radical (unpaired) electrons. The average Bonchev–Trinajstić information content (AvgIpc) is 3.29. The third-order valence-corrected chi connectivity index (χ3v) is 5.27. The maximum atomic E-state index is 5.56. The molecule has 0 aliphatic carbocycles. The molecular formula is C18H19N3OS. The molecule has 0 bridgehead atoms. The Hall–Kier alpha value is -1.98. The average molecular weight is 325 g/mol. The SMILES string of the molecule is Cc1ccccc1-c1noc(C2CCN(Cc3cccs3)C2)n1. The minimum Gasteiger partial charge on any atom is -0.339 e. The zero-order chi connectivity index (χ0) is 15.6. The summed E-state index contributed by atoms with van der Waals surface area (Å²) >= 11 is 1.82. The summed E-state index contributed by atoms with van der Waals surface area (Å²) in [6.45, 7) is 5.18. The Morgan fingerprint density at radius 1 is 1.26 bits per heavy atom. The van der Waals surface area contributed by atoms with E-state index in [1.54, 1.807) is 0 Å². The lowest BCUT2D eigenvalue weighted by atomic mass is 10.1. The van der Waals surface area contributed by atoms with E-state index in [1.165, 1.54) is 10.4 Å². The molecule has 4 nitrogen and oxygen atoms in total. The molecule has 1 aliphatic heterocycles. The lowest BCUT2D eigenvalue weighted by molar-refractivity contribution is 0.311. The van der Waals surface area contributed by atoms with Gasteiger partial charge in [-0.25, -0.2) is 0 Å². The van der Waals surface area contributed by atoms with Gasteiger partial charge in [-0.1, -0.05) is 35.5 Å². The molecule has 0 N–H and O–H groups in total. The first kappa shape index (κ1) is 14.6. The molecule has 0 spiro atoms. The summed E-state index contributed by atoms with van der Waals surface area (Å²) in [7, 11) is 0. The molecule has 1 aliphatic rings. The first-order valence-electron chi connectivity index (χ1n) is 7.94. The molecule has 0 amide bonds. The van der Waals surface area contributed by atoms with Gasteiger partial charge in [-0.2, -0.15) is 4.98 Å². The maximum absolute atomic E-state index is 5.56. The molecule has 3 aromatic rings. The first-order chi connectivity index (χ1) is 11.3. The summed E-state index contributed by atoms with van der Waals surface area (Å²) in [5.74, 6) is 1.83. The van der Waals surface area contributed by atoms with Crippen LogP contribution in [-0.4, -0.2) is 28.1 Å². The summed E-state index contributed by atoms with van der Waals surface area (Å²) in [5.41, 5.74) is 2.22. The van der Waals surface area contributed by atoms with Crippen molar-refractivity contribution in [2.75, 3.05) is 13.1 Å². The molecule has 3 heterocycles.